The number of para-hydroxylation sites is 1. The van der Waals surface area contributed by atoms with Crippen molar-refractivity contribution in [3.8, 4) is 23.0 Å². The van der Waals surface area contributed by atoms with Crippen LogP contribution in [-0.4, -0.2) is 24.3 Å². The average Bonchev–Trinajstić information content (AvgIpc) is 3.03. The van der Waals surface area contributed by atoms with Crippen LogP contribution in [0.2, 0.25) is 0 Å². The van der Waals surface area contributed by atoms with E-state index in [-0.39, 0.29) is 18.6 Å². The molecule has 132 valence electrons. The summed E-state index contributed by atoms with van der Waals surface area (Å²) in [6, 6.07) is 11.7. The lowest BCUT2D eigenvalue weighted by molar-refractivity contribution is -0.171. The third kappa shape index (κ3) is 2.59. The number of fused-ring (bicyclic) bond motifs is 2. The second-order valence-corrected chi connectivity index (χ2v) is 6.64. The number of hydrogen-bond acceptors (Lipinski definition) is 5. The van der Waals surface area contributed by atoms with E-state index in [1.165, 1.54) is 0 Å². The molecule has 0 radical (unpaired) electrons. The molecule has 25 heavy (non-hydrogen) atoms. The van der Waals surface area contributed by atoms with Gasteiger partial charge in [0.25, 0.3) is 0 Å². The van der Waals surface area contributed by atoms with Crippen LogP contribution in [0.3, 0.4) is 0 Å². The highest BCUT2D eigenvalue weighted by Gasteiger charge is 2.45. The van der Waals surface area contributed by atoms with Crippen LogP contribution in [0.25, 0.3) is 0 Å². The van der Waals surface area contributed by atoms with Crippen LogP contribution in [0.1, 0.15) is 37.8 Å². The molecule has 2 aromatic carbocycles. The van der Waals surface area contributed by atoms with Gasteiger partial charge in [0.15, 0.2) is 11.5 Å². The molecule has 2 aliphatic rings. The molecule has 0 aromatic heterocycles. The van der Waals surface area contributed by atoms with Gasteiger partial charge < -0.3 is 24.1 Å². The van der Waals surface area contributed by atoms with Crippen molar-refractivity contribution in [1.82, 2.24) is 0 Å². The van der Waals surface area contributed by atoms with Crippen molar-refractivity contribution in [2.75, 3.05) is 13.4 Å². The quantitative estimate of drug-likeness (QED) is 0.922. The smallest absolute Gasteiger partial charge is 0.231 e. The molecule has 5 heteroatoms. The van der Waals surface area contributed by atoms with Crippen molar-refractivity contribution in [3.63, 3.8) is 0 Å². The number of benzene rings is 2. The van der Waals surface area contributed by atoms with E-state index in [0.29, 0.717) is 23.9 Å². The summed E-state index contributed by atoms with van der Waals surface area (Å²) in [6.07, 6.45) is 0. The van der Waals surface area contributed by atoms with Crippen molar-refractivity contribution in [3.05, 3.63) is 47.5 Å². The second kappa shape index (κ2) is 5.85. The molecule has 0 aliphatic carbocycles. The minimum Gasteiger partial charge on any atom is -0.494 e. The lowest BCUT2D eigenvalue weighted by Gasteiger charge is -2.42. The van der Waals surface area contributed by atoms with Gasteiger partial charge in [0.2, 0.25) is 12.6 Å². The first-order valence-electron chi connectivity index (χ1n) is 8.58. The Hall–Kier alpha value is -2.40. The normalized spacial score (nSPS) is 26.7. The molecule has 0 saturated carbocycles. The predicted octanol–water partition coefficient (Wildman–Crippen LogP) is 3.68. The number of aliphatic hydroxyl groups is 1. The van der Waals surface area contributed by atoms with Crippen LogP contribution in [-0.2, 0) is 0 Å². The topological polar surface area (TPSA) is 57.2 Å². The maximum atomic E-state index is 10.9. The van der Waals surface area contributed by atoms with E-state index in [9.17, 15) is 5.11 Å². The molecular weight excluding hydrogens is 320 g/mol. The van der Waals surface area contributed by atoms with Gasteiger partial charge in [-0.3, -0.25) is 0 Å². The van der Waals surface area contributed by atoms with Crippen LogP contribution in [0.15, 0.2) is 36.4 Å². The molecule has 2 aromatic rings. The van der Waals surface area contributed by atoms with Gasteiger partial charge in [0.1, 0.15) is 11.5 Å². The molecule has 0 amide bonds. The Morgan fingerprint density at radius 3 is 2.60 bits per heavy atom. The summed E-state index contributed by atoms with van der Waals surface area (Å²) < 4.78 is 22.7. The van der Waals surface area contributed by atoms with E-state index in [0.717, 1.165) is 16.9 Å². The summed E-state index contributed by atoms with van der Waals surface area (Å²) in [5.74, 6) is 1.21. The first-order chi connectivity index (χ1) is 12.0. The van der Waals surface area contributed by atoms with Gasteiger partial charge in [-0.1, -0.05) is 25.1 Å². The lowest BCUT2D eigenvalue weighted by Crippen LogP contribution is -2.45. The van der Waals surface area contributed by atoms with Crippen molar-refractivity contribution in [2.24, 2.45) is 5.92 Å². The minimum absolute atomic E-state index is 0.0870. The summed E-state index contributed by atoms with van der Waals surface area (Å²) in [5.41, 5.74) is 2.00. The highest BCUT2D eigenvalue weighted by Crippen LogP contribution is 2.52. The Bertz CT molecular complexity index is 799. The van der Waals surface area contributed by atoms with E-state index in [4.69, 9.17) is 18.9 Å². The van der Waals surface area contributed by atoms with Gasteiger partial charge in [0.05, 0.1) is 6.61 Å². The molecule has 2 heterocycles. The van der Waals surface area contributed by atoms with Crippen molar-refractivity contribution in [2.45, 2.75) is 32.5 Å². The molecule has 0 bridgehead atoms. The van der Waals surface area contributed by atoms with E-state index >= 15 is 0 Å². The van der Waals surface area contributed by atoms with Crippen LogP contribution in [0, 0.1) is 5.92 Å². The molecule has 2 aliphatic heterocycles. The number of hydrogen-bond donors (Lipinski definition) is 1. The largest absolute Gasteiger partial charge is 0.494 e. The highest BCUT2D eigenvalue weighted by atomic mass is 16.7. The molecule has 4 rings (SSSR count). The molecule has 0 fully saturated rings. The molecule has 0 unspecified atom stereocenters. The second-order valence-electron chi connectivity index (χ2n) is 6.64. The first-order valence-corrected chi connectivity index (χ1v) is 8.58. The Morgan fingerprint density at radius 1 is 1.12 bits per heavy atom. The highest BCUT2D eigenvalue weighted by molar-refractivity contribution is 5.57. The Kier molecular flexibility index (Phi) is 3.76. The molecule has 0 saturated heterocycles. The Labute approximate surface area is 147 Å². The fourth-order valence-electron chi connectivity index (χ4n) is 3.63. The van der Waals surface area contributed by atoms with Crippen molar-refractivity contribution >= 4 is 0 Å². The van der Waals surface area contributed by atoms with Gasteiger partial charge in [-0.05, 0) is 19.1 Å². The van der Waals surface area contributed by atoms with Gasteiger partial charge in [-0.15, -0.1) is 0 Å². The maximum absolute atomic E-state index is 10.9. The summed E-state index contributed by atoms with van der Waals surface area (Å²) >= 11 is 0. The fraction of sp³-hybridized carbons (Fsp3) is 0.400. The van der Waals surface area contributed by atoms with Crippen molar-refractivity contribution in [1.29, 1.82) is 0 Å². The third-order valence-corrected chi connectivity index (χ3v) is 5.06. The number of ether oxygens (including phenoxy) is 4. The molecular formula is C20H22O5. The van der Waals surface area contributed by atoms with E-state index in [1.54, 1.807) is 13.0 Å². The SMILES string of the molecule is CCOc1ccccc1[C@@H]1c2cc3c(cc2O[C@](C)(O)[C@H]1C)OCO3. The van der Waals surface area contributed by atoms with E-state index in [1.807, 2.05) is 44.2 Å². The van der Waals surface area contributed by atoms with Crippen LogP contribution in [0.5, 0.6) is 23.0 Å². The van der Waals surface area contributed by atoms with Gasteiger partial charge in [0, 0.05) is 36.0 Å². The van der Waals surface area contributed by atoms with Gasteiger partial charge in [-0.25, -0.2) is 0 Å². The summed E-state index contributed by atoms with van der Waals surface area (Å²) in [4.78, 5) is 0. The molecule has 5 nitrogen and oxygen atoms in total. The standard InChI is InChI=1S/C20H22O5/c1-4-22-15-8-6-5-7-13(15)19-12(2)20(3,21)25-16-10-18-17(9-14(16)19)23-11-24-18/h5-10,12,19,21H,4,11H2,1-3H3/t12-,19+,20-/m0/s1. The van der Waals surface area contributed by atoms with Crippen LogP contribution >= 0.6 is 0 Å². The van der Waals surface area contributed by atoms with Gasteiger partial charge >= 0.3 is 0 Å². The van der Waals surface area contributed by atoms with E-state index < -0.39 is 5.79 Å². The third-order valence-electron chi connectivity index (χ3n) is 5.06. The zero-order chi connectivity index (χ0) is 17.6. The minimum atomic E-state index is -1.30. The van der Waals surface area contributed by atoms with Crippen LogP contribution in [0.4, 0.5) is 0 Å². The zero-order valence-corrected chi connectivity index (χ0v) is 14.6. The van der Waals surface area contributed by atoms with Crippen molar-refractivity contribution < 1.29 is 24.1 Å². The maximum Gasteiger partial charge on any atom is 0.231 e. The Morgan fingerprint density at radius 2 is 1.84 bits per heavy atom. The summed E-state index contributed by atoms with van der Waals surface area (Å²) in [5, 5.41) is 10.9. The molecule has 3 atom stereocenters. The number of rotatable bonds is 3. The first kappa shape index (κ1) is 16.1. The predicted molar refractivity (Wildman–Crippen MR) is 92.4 cm³/mol. The summed E-state index contributed by atoms with van der Waals surface area (Å²) in [6.45, 7) is 6.43. The monoisotopic (exact) mass is 342 g/mol. The zero-order valence-electron chi connectivity index (χ0n) is 14.6. The lowest BCUT2D eigenvalue weighted by atomic mass is 9.75. The van der Waals surface area contributed by atoms with Gasteiger partial charge in [-0.2, -0.15) is 0 Å². The van der Waals surface area contributed by atoms with E-state index in [2.05, 4.69) is 0 Å². The molecule has 0 spiro atoms. The average molecular weight is 342 g/mol. The van der Waals surface area contributed by atoms with Crippen LogP contribution < -0.4 is 18.9 Å². The molecule has 1 N–H and O–H groups in total. The Balaban J connectivity index is 1.90. The fourth-order valence-corrected chi connectivity index (χ4v) is 3.63. The summed E-state index contributed by atoms with van der Waals surface area (Å²) in [7, 11) is 0.